The summed E-state index contributed by atoms with van der Waals surface area (Å²) in [5.74, 6) is -1.14. The molecule has 0 amide bonds. The molecule has 4 nitrogen and oxygen atoms in total. The zero-order valence-electron chi connectivity index (χ0n) is 9.23. The van der Waals surface area contributed by atoms with E-state index in [1.807, 2.05) is 13.8 Å². The van der Waals surface area contributed by atoms with Crippen LogP contribution in [0.1, 0.15) is 33.1 Å². The first-order valence-corrected chi connectivity index (χ1v) is 5.52. The predicted octanol–water partition coefficient (Wildman–Crippen LogP) is 1.64. The van der Waals surface area contributed by atoms with Gasteiger partial charge < -0.3 is 14.6 Å². The highest BCUT2D eigenvalue weighted by Gasteiger charge is 2.41. The summed E-state index contributed by atoms with van der Waals surface area (Å²) in [5.41, 5.74) is 0. The second-order valence-electron chi connectivity index (χ2n) is 4.98. The fourth-order valence-electron chi connectivity index (χ4n) is 2.50. The van der Waals surface area contributed by atoms with Gasteiger partial charge in [0.25, 0.3) is 0 Å². The standard InChI is InChI=1S/C11H18O4/c1-11(2)14-6-8-5-7(10(12)13)3-4-9(8)15-11/h7-9H,3-6H2,1-2H3,(H,12,13). The number of carboxylic acid groups (broad SMARTS) is 1. The van der Waals surface area contributed by atoms with Crippen LogP contribution in [0, 0.1) is 11.8 Å². The molecule has 2 fully saturated rings. The summed E-state index contributed by atoms with van der Waals surface area (Å²) in [6.45, 7) is 4.44. The van der Waals surface area contributed by atoms with Crippen LogP contribution in [0.15, 0.2) is 0 Å². The molecule has 1 aliphatic heterocycles. The van der Waals surface area contributed by atoms with Crippen molar-refractivity contribution in [1.82, 2.24) is 0 Å². The van der Waals surface area contributed by atoms with Crippen molar-refractivity contribution in [2.24, 2.45) is 11.8 Å². The van der Waals surface area contributed by atoms with Crippen LogP contribution in [0.4, 0.5) is 0 Å². The summed E-state index contributed by atoms with van der Waals surface area (Å²) in [6.07, 6.45) is 2.45. The van der Waals surface area contributed by atoms with Gasteiger partial charge in [-0.25, -0.2) is 0 Å². The van der Waals surface area contributed by atoms with Crippen molar-refractivity contribution < 1.29 is 19.4 Å². The van der Waals surface area contributed by atoms with Gasteiger partial charge in [0.1, 0.15) is 0 Å². The van der Waals surface area contributed by atoms with E-state index in [4.69, 9.17) is 14.6 Å². The Morgan fingerprint density at radius 3 is 2.80 bits per heavy atom. The lowest BCUT2D eigenvalue weighted by atomic mass is 9.79. The number of aliphatic carboxylic acids is 1. The molecule has 0 spiro atoms. The molecule has 1 N–H and O–H groups in total. The third-order valence-corrected chi connectivity index (χ3v) is 3.34. The molecule has 1 aliphatic carbocycles. The monoisotopic (exact) mass is 214 g/mol. The predicted molar refractivity (Wildman–Crippen MR) is 53.4 cm³/mol. The zero-order valence-corrected chi connectivity index (χ0v) is 9.23. The van der Waals surface area contributed by atoms with E-state index in [1.165, 1.54) is 0 Å². The number of hydrogen-bond acceptors (Lipinski definition) is 3. The quantitative estimate of drug-likeness (QED) is 0.721. The molecular weight excluding hydrogens is 196 g/mol. The fraction of sp³-hybridized carbons (Fsp3) is 0.909. The maximum atomic E-state index is 10.9. The van der Waals surface area contributed by atoms with E-state index >= 15 is 0 Å². The minimum absolute atomic E-state index is 0.185. The van der Waals surface area contributed by atoms with Crippen LogP contribution in [0.3, 0.4) is 0 Å². The minimum Gasteiger partial charge on any atom is -0.481 e. The molecule has 1 saturated carbocycles. The maximum absolute atomic E-state index is 10.9. The Kier molecular flexibility index (Phi) is 2.73. The molecule has 2 aliphatic rings. The Balaban J connectivity index is 1.98. The van der Waals surface area contributed by atoms with Gasteiger partial charge in [0, 0.05) is 5.92 Å². The van der Waals surface area contributed by atoms with Crippen LogP contribution in [-0.4, -0.2) is 29.6 Å². The molecule has 3 atom stereocenters. The zero-order chi connectivity index (χ0) is 11.1. The van der Waals surface area contributed by atoms with Gasteiger partial charge in [0.2, 0.25) is 0 Å². The van der Waals surface area contributed by atoms with E-state index in [0.717, 1.165) is 12.8 Å². The third-order valence-electron chi connectivity index (χ3n) is 3.34. The van der Waals surface area contributed by atoms with Crippen LogP contribution < -0.4 is 0 Å². The number of rotatable bonds is 1. The summed E-state index contributed by atoms with van der Waals surface area (Å²) < 4.78 is 11.3. The molecule has 0 bridgehead atoms. The maximum Gasteiger partial charge on any atom is 0.306 e. The van der Waals surface area contributed by atoms with E-state index in [2.05, 4.69) is 0 Å². The Bertz CT molecular complexity index is 261. The van der Waals surface area contributed by atoms with Gasteiger partial charge >= 0.3 is 5.97 Å². The molecule has 15 heavy (non-hydrogen) atoms. The van der Waals surface area contributed by atoms with Gasteiger partial charge in [-0.1, -0.05) is 0 Å². The third kappa shape index (κ3) is 2.32. The highest BCUT2D eigenvalue weighted by Crippen LogP contribution is 2.37. The number of hydrogen-bond donors (Lipinski definition) is 1. The molecule has 0 aromatic carbocycles. The number of carbonyl (C=O) groups is 1. The fourth-order valence-corrected chi connectivity index (χ4v) is 2.50. The van der Waals surface area contributed by atoms with E-state index in [0.29, 0.717) is 13.0 Å². The van der Waals surface area contributed by atoms with Crippen molar-refractivity contribution in [3.8, 4) is 0 Å². The van der Waals surface area contributed by atoms with Gasteiger partial charge in [0.15, 0.2) is 5.79 Å². The summed E-state index contributed by atoms with van der Waals surface area (Å²) in [4.78, 5) is 10.9. The van der Waals surface area contributed by atoms with Gasteiger partial charge in [-0.2, -0.15) is 0 Å². The summed E-state index contributed by atoms with van der Waals surface area (Å²) in [5, 5.41) is 8.95. The van der Waals surface area contributed by atoms with E-state index in [1.54, 1.807) is 0 Å². The topological polar surface area (TPSA) is 55.8 Å². The Labute approximate surface area is 89.6 Å². The largest absolute Gasteiger partial charge is 0.481 e. The highest BCUT2D eigenvalue weighted by atomic mass is 16.7. The SMILES string of the molecule is CC1(C)OCC2CC(C(=O)O)CCC2O1. The molecule has 1 heterocycles. The molecule has 86 valence electrons. The van der Waals surface area contributed by atoms with E-state index < -0.39 is 11.8 Å². The molecule has 0 aromatic rings. The lowest BCUT2D eigenvalue weighted by Gasteiger charge is -2.44. The van der Waals surface area contributed by atoms with Crippen molar-refractivity contribution in [2.75, 3.05) is 6.61 Å². The average molecular weight is 214 g/mol. The van der Waals surface area contributed by atoms with Crippen LogP contribution in [0.2, 0.25) is 0 Å². The molecule has 0 aromatic heterocycles. The normalized spacial score (nSPS) is 39.5. The lowest BCUT2D eigenvalue weighted by Crippen LogP contribution is -2.48. The van der Waals surface area contributed by atoms with Crippen LogP contribution in [0.5, 0.6) is 0 Å². The van der Waals surface area contributed by atoms with E-state index in [-0.39, 0.29) is 17.9 Å². The highest BCUT2D eigenvalue weighted by molar-refractivity contribution is 5.70. The number of ether oxygens (including phenoxy) is 2. The van der Waals surface area contributed by atoms with Crippen LogP contribution in [-0.2, 0) is 14.3 Å². The van der Waals surface area contributed by atoms with Crippen molar-refractivity contribution in [2.45, 2.75) is 45.0 Å². The average Bonchev–Trinajstić information content (AvgIpc) is 2.15. The number of fused-ring (bicyclic) bond motifs is 1. The van der Waals surface area contributed by atoms with Crippen molar-refractivity contribution in [3.05, 3.63) is 0 Å². The molecule has 2 rings (SSSR count). The Morgan fingerprint density at radius 1 is 1.40 bits per heavy atom. The van der Waals surface area contributed by atoms with Crippen molar-refractivity contribution in [1.29, 1.82) is 0 Å². The Morgan fingerprint density at radius 2 is 2.13 bits per heavy atom. The van der Waals surface area contributed by atoms with Crippen LogP contribution >= 0.6 is 0 Å². The first-order chi connectivity index (χ1) is 6.98. The summed E-state index contributed by atoms with van der Waals surface area (Å²) in [7, 11) is 0. The number of carboxylic acids is 1. The molecular formula is C11H18O4. The van der Waals surface area contributed by atoms with Gasteiger partial charge in [-0.05, 0) is 33.1 Å². The van der Waals surface area contributed by atoms with Crippen LogP contribution in [0.25, 0.3) is 0 Å². The summed E-state index contributed by atoms with van der Waals surface area (Å²) >= 11 is 0. The van der Waals surface area contributed by atoms with Gasteiger partial charge in [0.05, 0.1) is 18.6 Å². The van der Waals surface area contributed by atoms with Gasteiger partial charge in [-0.15, -0.1) is 0 Å². The molecule has 4 heteroatoms. The Hall–Kier alpha value is -0.610. The molecule has 0 radical (unpaired) electrons. The summed E-state index contributed by atoms with van der Waals surface area (Å²) in [6, 6.07) is 0. The van der Waals surface area contributed by atoms with Crippen molar-refractivity contribution >= 4 is 5.97 Å². The van der Waals surface area contributed by atoms with Crippen molar-refractivity contribution in [3.63, 3.8) is 0 Å². The smallest absolute Gasteiger partial charge is 0.306 e. The first kappa shape index (κ1) is 10.9. The minimum atomic E-state index is -0.682. The first-order valence-electron chi connectivity index (χ1n) is 5.52. The second kappa shape index (κ2) is 3.76. The molecule has 1 saturated heterocycles. The second-order valence-corrected chi connectivity index (χ2v) is 4.98. The molecule has 3 unspecified atom stereocenters. The lowest BCUT2D eigenvalue weighted by molar-refractivity contribution is -0.300. The van der Waals surface area contributed by atoms with E-state index in [9.17, 15) is 4.79 Å². The van der Waals surface area contributed by atoms with Gasteiger partial charge in [-0.3, -0.25) is 4.79 Å².